The van der Waals surface area contributed by atoms with Crippen molar-refractivity contribution in [1.82, 2.24) is 0 Å². The van der Waals surface area contributed by atoms with E-state index >= 15 is 0 Å². The van der Waals surface area contributed by atoms with Crippen LogP contribution in [0.5, 0.6) is 0 Å². The van der Waals surface area contributed by atoms with E-state index in [-0.39, 0.29) is 18.6 Å². The SMILES string of the molecule is C=CCOC(=O)C(C)=C(CC=C)C(C)N. The summed E-state index contributed by atoms with van der Waals surface area (Å²) < 4.78 is 4.93. The predicted octanol–water partition coefficient (Wildman–Crippen LogP) is 1.96. The number of carbonyl (C=O) groups excluding carboxylic acids is 1. The van der Waals surface area contributed by atoms with Gasteiger partial charge in [0.2, 0.25) is 0 Å². The molecule has 1 atom stereocenters. The molecule has 0 aromatic rings. The Kier molecular flexibility index (Phi) is 6.38. The van der Waals surface area contributed by atoms with E-state index in [2.05, 4.69) is 13.2 Å². The fourth-order valence-corrected chi connectivity index (χ4v) is 1.21. The van der Waals surface area contributed by atoms with Crippen LogP contribution in [0.1, 0.15) is 20.3 Å². The van der Waals surface area contributed by atoms with Crippen molar-refractivity contribution in [3.63, 3.8) is 0 Å². The number of nitrogens with two attached hydrogens (primary N) is 1. The Labute approximate surface area is 91.3 Å². The molecule has 3 heteroatoms. The Bertz CT molecular complexity index is 277. The first-order valence-electron chi connectivity index (χ1n) is 4.88. The van der Waals surface area contributed by atoms with Gasteiger partial charge in [-0.05, 0) is 25.8 Å². The molecule has 0 aliphatic rings. The lowest BCUT2D eigenvalue weighted by molar-refractivity contribution is -0.137. The van der Waals surface area contributed by atoms with Crippen molar-refractivity contribution in [3.8, 4) is 0 Å². The van der Waals surface area contributed by atoms with Crippen molar-refractivity contribution in [1.29, 1.82) is 0 Å². The van der Waals surface area contributed by atoms with Gasteiger partial charge in [0.05, 0.1) is 0 Å². The third kappa shape index (κ3) is 4.61. The van der Waals surface area contributed by atoms with E-state index in [1.54, 1.807) is 13.0 Å². The van der Waals surface area contributed by atoms with Crippen molar-refractivity contribution < 1.29 is 9.53 Å². The maximum atomic E-state index is 11.5. The maximum absolute atomic E-state index is 11.5. The van der Waals surface area contributed by atoms with Crippen LogP contribution < -0.4 is 5.73 Å². The average Bonchev–Trinajstić information content (AvgIpc) is 2.21. The van der Waals surface area contributed by atoms with Gasteiger partial charge in [-0.3, -0.25) is 0 Å². The van der Waals surface area contributed by atoms with Gasteiger partial charge in [-0.1, -0.05) is 18.7 Å². The molecule has 0 rings (SSSR count). The van der Waals surface area contributed by atoms with Crippen LogP contribution in [0.4, 0.5) is 0 Å². The molecule has 1 unspecified atom stereocenters. The Balaban J connectivity index is 4.74. The van der Waals surface area contributed by atoms with Gasteiger partial charge < -0.3 is 10.5 Å². The van der Waals surface area contributed by atoms with E-state index in [1.165, 1.54) is 6.08 Å². The molecule has 2 N–H and O–H groups in total. The third-order valence-electron chi connectivity index (χ3n) is 2.03. The molecule has 0 spiro atoms. The monoisotopic (exact) mass is 209 g/mol. The topological polar surface area (TPSA) is 52.3 Å². The molecule has 84 valence electrons. The molecule has 0 saturated carbocycles. The van der Waals surface area contributed by atoms with Gasteiger partial charge in [0.15, 0.2) is 0 Å². The molecular weight excluding hydrogens is 190 g/mol. The van der Waals surface area contributed by atoms with Gasteiger partial charge in [0.1, 0.15) is 6.61 Å². The van der Waals surface area contributed by atoms with Gasteiger partial charge >= 0.3 is 5.97 Å². The standard InChI is InChI=1S/C12H19NO2/c1-5-7-11(10(4)13)9(3)12(14)15-8-6-2/h5-6,10H,1-2,7-8,13H2,3-4H3. The first kappa shape index (κ1) is 13.7. The van der Waals surface area contributed by atoms with Crippen LogP contribution in [-0.2, 0) is 9.53 Å². The Hall–Kier alpha value is -1.35. The molecule has 0 aliphatic carbocycles. The second-order valence-electron chi connectivity index (χ2n) is 3.32. The molecular formula is C12H19NO2. The smallest absolute Gasteiger partial charge is 0.334 e. The number of ether oxygens (including phenoxy) is 1. The number of allylic oxidation sites excluding steroid dienone is 1. The van der Waals surface area contributed by atoms with Crippen molar-refractivity contribution in [2.24, 2.45) is 5.73 Å². The lowest BCUT2D eigenvalue weighted by Crippen LogP contribution is -2.21. The Morgan fingerprint density at radius 2 is 2.07 bits per heavy atom. The highest BCUT2D eigenvalue weighted by Gasteiger charge is 2.13. The zero-order valence-electron chi connectivity index (χ0n) is 9.45. The zero-order chi connectivity index (χ0) is 11.8. The Morgan fingerprint density at radius 3 is 2.47 bits per heavy atom. The van der Waals surface area contributed by atoms with Crippen molar-refractivity contribution in [2.75, 3.05) is 6.61 Å². The lowest BCUT2D eigenvalue weighted by atomic mass is 10.00. The summed E-state index contributed by atoms with van der Waals surface area (Å²) in [6.07, 6.45) is 3.86. The van der Waals surface area contributed by atoms with E-state index in [0.29, 0.717) is 12.0 Å². The van der Waals surface area contributed by atoms with Crippen LogP contribution >= 0.6 is 0 Å². The fourth-order valence-electron chi connectivity index (χ4n) is 1.21. The van der Waals surface area contributed by atoms with Crippen LogP contribution in [0.3, 0.4) is 0 Å². The maximum Gasteiger partial charge on any atom is 0.334 e. The highest BCUT2D eigenvalue weighted by Crippen LogP contribution is 2.14. The summed E-state index contributed by atoms with van der Waals surface area (Å²) in [4.78, 5) is 11.5. The van der Waals surface area contributed by atoms with Crippen LogP contribution in [0, 0.1) is 0 Å². The minimum atomic E-state index is -0.343. The molecule has 0 heterocycles. The second kappa shape index (κ2) is 7.01. The first-order valence-corrected chi connectivity index (χ1v) is 4.88. The number of hydrogen-bond donors (Lipinski definition) is 1. The van der Waals surface area contributed by atoms with Crippen LogP contribution in [0.15, 0.2) is 36.5 Å². The van der Waals surface area contributed by atoms with E-state index in [0.717, 1.165) is 5.57 Å². The van der Waals surface area contributed by atoms with E-state index in [1.807, 2.05) is 6.92 Å². The highest BCUT2D eigenvalue weighted by molar-refractivity contribution is 5.89. The van der Waals surface area contributed by atoms with Gasteiger partial charge in [0, 0.05) is 11.6 Å². The summed E-state index contributed by atoms with van der Waals surface area (Å²) in [6.45, 7) is 10.9. The third-order valence-corrected chi connectivity index (χ3v) is 2.03. The van der Waals surface area contributed by atoms with Gasteiger partial charge in [-0.2, -0.15) is 0 Å². The van der Waals surface area contributed by atoms with Crippen molar-refractivity contribution >= 4 is 5.97 Å². The molecule has 15 heavy (non-hydrogen) atoms. The van der Waals surface area contributed by atoms with E-state index in [4.69, 9.17) is 10.5 Å². The minimum absolute atomic E-state index is 0.167. The zero-order valence-corrected chi connectivity index (χ0v) is 9.45. The molecule has 0 saturated heterocycles. The summed E-state index contributed by atoms with van der Waals surface area (Å²) in [6, 6.07) is -0.167. The van der Waals surface area contributed by atoms with E-state index in [9.17, 15) is 4.79 Å². The summed E-state index contributed by atoms with van der Waals surface area (Å²) in [7, 11) is 0. The van der Waals surface area contributed by atoms with Crippen molar-refractivity contribution in [2.45, 2.75) is 26.3 Å². The summed E-state index contributed by atoms with van der Waals surface area (Å²) >= 11 is 0. The highest BCUT2D eigenvalue weighted by atomic mass is 16.5. The molecule has 0 aliphatic heterocycles. The summed E-state index contributed by atoms with van der Waals surface area (Å²) in [5.74, 6) is -0.343. The number of hydrogen-bond acceptors (Lipinski definition) is 3. The molecule has 0 aromatic carbocycles. The van der Waals surface area contributed by atoms with Gasteiger partial charge in [-0.25, -0.2) is 4.79 Å². The normalized spacial score (nSPS) is 13.8. The lowest BCUT2D eigenvalue weighted by Gasteiger charge is -2.13. The Morgan fingerprint density at radius 1 is 1.47 bits per heavy atom. The molecule has 0 fully saturated rings. The quantitative estimate of drug-likeness (QED) is 0.413. The van der Waals surface area contributed by atoms with Crippen LogP contribution in [-0.4, -0.2) is 18.6 Å². The number of carbonyl (C=O) groups is 1. The first-order chi connectivity index (χ1) is 7.04. The number of esters is 1. The van der Waals surface area contributed by atoms with Gasteiger partial charge in [-0.15, -0.1) is 6.58 Å². The van der Waals surface area contributed by atoms with Gasteiger partial charge in [0.25, 0.3) is 0 Å². The number of rotatable bonds is 6. The van der Waals surface area contributed by atoms with Crippen LogP contribution in [0.2, 0.25) is 0 Å². The van der Waals surface area contributed by atoms with Crippen LogP contribution in [0.25, 0.3) is 0 Å². The summed E-state index contributed by atoms with van der Waals surface area (Å²) in [5, 5.41) is 0. The molecule has 0 bridgehead atoms. The molecule has 0 aromatic heterocycles. The average molecular weight is 209 g/mol. The molecule has 0 amide bonds. The van der Waals surface area contributed by atoms with E-state index < -0.39 is 0 Å². The minimum Gasteiger partial charge on any atom is -0.458 e. The fraction of sp³-hybridized carbons (Fsp3) is 0.417. The predicted molar refractivity (Wildman–Crippen MR) is 62.3 cm³/mol. The second-order valence-corrected chi connectivity index (χ2v) is 3.32. The molecule has 3 nitrogen and oxygen atoms in total. The summed E-state index contributed by atoms with van der Waals surface area (Å²) in [5.41, 5.74) is 7.18. The van der Waals surface area contributed by atoms with Crippen molar-refractivity contribution in [3.05, 3.63) is 36.5 Å². The molecule has 0 radical (unpaired) electrons. The largest absolute Gasteiger partial charge is 0.458 e.